The summed E-state index contributed by atoms with van der Waals surface area (Å²) in [6, 6.07) is 5.40. The smallest absolute Gasteiger partial charge is 0.321 e. The van der Waals surface area contributed by atoms with Gasteiger partial charge in [-0.05, 0) is 36.5 Å². The fourth-order valence-electron chi connectivity index (χ4n) is 2.32. The van der Waals surface area contributed by atoms with Crippen LogP contribution in [0.15, 0.2) is 18.2 Å². The Morgan fingerprint density at radius 2 is 1.96 bits per heavy atom. The van der Waals surface area contributed by atoms with Crippen molar-refractivity contribution in [2.45, 2.75) is 39.3 Å². The standard InChI is InChI=1S/C17H23Cl2N3O2/c1-11(2)8-20-17(24)21-16(23)10-22(13-4-5-13)9-12-3-6-14(18)15(19)7-12/h3,6-7,11,13H,4-5,8-10H2,1-2H3,(H2,20,21,23,24). The second-order valence-corrected chi connectivity index (χ2v) is 7.35. The Hall–Kier alpha value is -1.30. The summed E-state index contributed by atoms with van der Waals surface area (Å²) in [4.78, 5) is 25.8. The highest BCUT2D eigenvalue weighted by Crippen LogP contribution is 2.29. The van der Waals surface area contributed by atoms with Crippen molar-refractivity contribution in [1.29, 1.82) is 0 Å². The zero-order chi connectivity index (χ0) is 17.7. The van der Waals surface area contributed by atoms with Gasteiger partial charge in [-0.15, -0.1) is 0 Å². The molecule has 1 saturated carbocycles. The monoisotopic (exact) mass is 371 g/mol. The van der Waals surface area contributed by atoms with E-state index in [0.29, 0.717) is 35.1 Å². The SMILES string of the molecule is CC(C)CNC(=O)NC(=O)CN(Cc1ccc(Cl)c(Cl)c1)C1CC1. The number of nitrogens with zero attached hydrogens (tertiary/aromatic N) is 1. The summed E-state index contributed by atoms with van der Waals surface area (Å²) in [5, 5.41) is 6.06. The van der Waals surface area contributed by atoms with E-state index in [-0.39, 0.29) is 12.5 Å². The molecule has 0 radical (unpaired) electrons. The minimum Gasteiger partial charge on any atom is -0.338 e. The number of nitrogens with one attached hydrogen (secondary N) is 2. The average molecular weight is 372 g/mol. The minimum atomic E-state index is -0.445. The maximum atomic E-state index is 12.1. The molecule has 2 N–H and O–H groups in total. The van der Waals surface area contributed by atoms with Crippen LogP contribution in [0.1, 0.15) is 32.3 Å². The van der Waals surface area contributed by atoms with Gasteiger partial charge in [-0.3, -0.25) is 15.0 Å². The molecule has 0 aliphatic heterocycles. The Kier molecular flexibility index (Phi) is 6.90. The highest BCUT2D eigenvalue weighted by molar-refractivity contribution is 6.42. The average Bonchev–Trinajstić information content (AvgIpc) is 3.33. The molecule has 7 heteroatoms. The molecule has 1 aromatic rings. The number of halogens is 2. The van der Waals surface area contributed by atoms with Crippen molar-refractivity contribution in [2.75, 3.05) is 13.1 Å². The lowest BCUT2D eigenvalue weighted by atomic mass is 10.2. The number of urea groups is 1. The maximum absolute atomic E-state index is 12.1. The molecule has 1 aliphatic rings. The molecule has 0 aromatic heterocycles. The molecule has 132 valence electrons. The number of hydrogen-bond donors (Lipinski definition) is 2. The summed E-state index contributed by atoms with van der Waals surface area (Å²) in [7, 11) is 0. The third kappa shape index (κ3) is 6.30. The largest absolute Gasteiger partial charge is 0.338 e. The molecule has 0 saturated heterocycles. The number of benzene rings is 1. The second kappa shape index (κ2) is 8.70. The van der Waals surface area contributed by atoms with Gasteiger partial charge in [-0.25, -0.2) is 4.79 Å². The molecular formula is C17H23Cl2N3O2. The van der Waals surface area contributed by atoms with Crippen LogP contribution >= 0.6 is 23.2 Å². The predicted molar refractivity (Wildman–Crippen MR) is 96.3 cm³/mol. The van der Waals surface area contributed by atoms with Gasteiger partial charge in [-0.1, -0.05) is 43.1 Å². The first-order chi connectivity index (χ1) is 11.3. The Bertz CT molecular complexity index is 603. The van der Waals surface area contributed by atoms with E-state index in [1.54, 1.807) is 6.07 Å². The van der Waals surface area contributed by atoms with Crippen molar-refractivity contribution in [3.63, 3.8) is 0 Å². The molecule has 1 aliphatic carbocycles. The Labute approximate surface area is 152 Å². The first-order valence-electron chi connectivity index (χ1n) is 8.11. The molecule has 0 heterocycles. The summed E-state index contributed by atoms with van der Waals surface area (Å²) in [5.41, 5.74) is 0.994. The number of imide groups is 1. The van der Waals surface area contributed by atoms with E-state index in [0.717, 1.165) is 18.4 Å². The lowest BCUT2D eigenvalue weighted by Crippen LogP contribution is -2.45. The van der Waals surface area contributed by atoms with Crippen molar-refractivity contribution >= 4 is 35.1 Å². The molecule has 0 bridgehead atoms. The lowest BCUT2D eigenvalue weighted by molar-refractivity contribution is -0.121. The highest BCUT2D eigenvalue weighted by Gasteiger charge is 2.30. The Morgan fingerprint density at radius 1 is 1.25 bits per heavy atom. The van der Waals surface area contributed by atoms with Crippen LogP contribution < -0.4 is 10.6 Å². The van der Waals surface area contributed by atoms with Gasteiger partial charge >= 0.3 is 6.03 Å². The highest BCUT2D eigenvalue weighted by atomic mass is 35.5. The minimum absolute atomic E-state index is 0.181. The van der Waals surface area contributed by atoms with E-state index in [9.17, 15) is 9.59 Å². The van der Waals surface area contributed by atoms with Gasteiger partial charge in [0.15, 0.2) is 0 Å². The van der Waals surface area contributed by atoms with E-state index >= 15 is 0 Å². The molecule has 5 nitrogen and oxygen atoms in total. The van der Waals surface area contributed by atoms with Crippen LogP contribution in [0.4, 0.5) is 4.79 Å². The Morgan fingerprint density at radius 3 is 2.54 bits per heavy atom. The first-order valence-corrected chi connectivity index (χ1v) is 8.86. The number of rotatable bonds is 7. The summed E-state index contributed by atoms with van der Waals surface area (Å²) in [6.45, 7) is 5.31. The number of carbonyl (C=O) groups excluding carboxylic acids is 2. The quantitative estimate of drug-likeness (QED) is 0.771. The fourth-order valence-corrected chi connectivity index (χ4v) is 2.64. The number of hydrogen-bond acceptors (Lipinski definition) is 3. The third-order valence-corrected chi connectivity index (χ3v) is 4.44. The van der Waals surface area contributed by atoms with Gasteiger partial charge in [0.05, 0.1) is 16.6 Å². The van der Waals surface area contributed by atoms with Gasteiger partial charge in [0.2, 0.25) is 5.91 Å². The van der Waals surface area contributed by atoms with E-state index in [1.807, 2.05) is 26.0 Å². The van der Waals surface area contributed by atoms with Crippen LogP contribution in [0.25, 0.3) is 0 Å². The van der Waals surface area contributed by atoms with E-state index in [2.05, 4.69) is 15.5 Å². The number of amides is 3. The summed E-state index contributed by atoms with van der Waals surface area (Å²) in [6.07, 6.45) is 2.13. The summed E-state index contributed by atoms with van der Waals surface area (Å²) in [5.74, 6) is 0.0340. The number of carbonyl (C=O) groups is 2. The normalized spacial score (nSPS) is 14.1. The molecule has 3 amide bonds. The fraction of sp³-hybridized carbons (Fsp3) is 0.529. The summed E-state index contributed by atoms with van der Waals surface area (Å²) >= 11 is 12.0. The van der Waals surface area contributed by atoms with Crippen molar-refractivity contribution < 1.29 is 9.59 Å². The maximum Gasteiger partial charge on any atom is 0.321 e. The van der Waals surface area contributed by atoms with E-state index < -0.39 is 6.03 Å². The zero-order valence-electron chi connectivity index (χ0n) is 13.9. The van der Waals surface area contributed by atoms with Crippen molar-refractivity contribution in [1.82, 2.24) is 15.5 Å². The van der Waals surface area contributed by atoms with Crippen molar-refractivity contribution in [2.24, 2.45) is 5.92 Å². The van der Waals surface area contributed by atoms with E-state index in [1.165, 1.54) is 0 Å². The van der Waals surface area contributed by atoms with Gasteiger partial charge in [0.25, 0.3) is 0 Å². The molecular weight excluding hydrogens is 349 g/mol. The van der Waals surface area contributed by atoms with Crippen LogP contribution in [-0.4, -0.2) is 36.0 Å². The van der Waals surface area contributed by atoms with Gasteiger partial charge < -0.3 is 5.32 Å². The molecule has 24 heavy (non-hydrogen) atoms. The zero-order valence-corrected chi connectivity index (χ0v) is 15.5. The van der Waals surface area contributed by atoms with Crippen molar-refractivity contribution in [3.05, 3.63) is 33.8 Å². The van der Waals surface area contributed by atoms with Gasteiger partial charge in [-0.2, -0.15) is 0 Å². The van der Waals surface area contributed by atoms with Crippen LogP contribution in [0.2, 0.25) is 10.0 Å². The Balaban J connectivity index is 1.87. The molecule has 2 rings (SSSR count). The topological polar surface area (TPSA) is 61.4 Å². The first kappa shape index (κ1) is 19.0. The van der Waals surface area contributed by atoms with Crippen LogP contribution in [0, 0.1) is 5.92 Å². The molecule has 0 unspecified atom stereocenters. The lowest BCUT2D eigenvalue weighted by Gasteiger charge is -2.21. The van der Waals surface area contributed by atoms with Crippen molar-refractivity contribution in [3.8, 4) is 0 Å². The molecule has 0 spiro atoms. The van der Waals surface area contributed by atoms with Gasteiger partial charge in [0.1, 0.15) is 0 Å². The van der Waals surface area contributed by atoms with Crippen LogP contribution in [0.5, 0.6) is 0 Å². The third-order valence-electron chi connectivity index (χ3n) is 3.70. The molecule has 0 atom stereocenters. The molecule has 1 fully saturated rings. The van der Waals surface area contributed by atoms with Gasteiger partial charge in [0, 0.05) is 19.1 Å². The van der Waals surface area contributed by atoms with E-state index in [4.69, 9.17) is 23.2 Å². The summed E-state index contributed by atoms with van der Waals surface area (Å²) < 4.78 is 0. The van der Waals surface area contributed by atoms with Crippen LogP contribution in [0.3, 0.4) is 0 Å². The second-order valence-electron chi connectivity index (χ2n) is 6.54. The van der Waals surface area contributed by atoms with Crippen LogP contribution in [-0.2, 0) is 11.3 Å². The molecule has 1 aromatic carbocycles. The predicted octanol–water partition coefficient (Wildman–Crippen LogP) is 3.44.